The number of halogens is 1. The SMILES string of the molecule is CC1(C)OB(C(=Cc2ccc(O)c(Cl)c2)CNC(=O)OCC2c3ccccc3-c3ccccc32)OC1(C)C. The summed E-state index contributed by atoms with van der Waals surface area (Å²) < 4.78 is 18.2. The van der Waals surface area contributed by atoms with Crippen LogP contribution in [0, 0.1) is 0 Å². The first kappa shape index (κ1) is 26.4. The molecular weight excluding hydrogens is 501 g/mol. The van der Waals surface area contributed by atoms with E-state index in [9.17, 15) is 9.90 Å². The first-order chi connectivity index (χ1) is 18.1. The Hall–Kier alpha value is -3.26. The van der Waals surface area contributed by atoms with Crippen LogP contribution in [0.2, 0.25) is 5.02 Å². The number of carbonyl (C=O) groups excluding carboxylic acids is 1. The Labute approximate surface area is 228 Å². The molecule has 1 saturated heterocycles. The molecule has 0 spiro atoms. The topological polar surface area (TPSA) is 77.0 Å². The van der Waals surface area contributed by atoms with E-state index < -0.39 is 24.4 Å². The van der Waals surface area contributed by atoms with Crippen molar-refractivity contribution in [3.8, 4) is 16.9 Å². The highest BCUT2D eigenvalue weighted by Crippen LogP contribution is 2.44. The first-order valence-corrected chi connectivity index (χ1v) is 13.1. The number of hydrogen-bond donors (Lipinski definition) is 2. The van der Waals surface area contributed by atoms with E-state index in [4.69, 9.17) is 25.6 Å². The average Bonchev–Trinajstić information content (AvgIpc) is 3.31. The molecule has 1 amide bonds. The quantitative estimate of drug-likeness (QED) is 0.351. The number of amides is 1. The third-order valence-electron chi connectivity index (χ3n) is 7.66. The molecule has 0 saturated carbocycles. The number of alkyl carbamates (subject to hydrolysis) is 1. The zero-order chi connectivity index (χ0) is 27.1. The maximum Gasteiger partial charge on any atom is 0.492 e. The molecule has 0 unspecified atom stereocenters. The van der Waals surface area contributed by atoms with E-state index in [-0.39, 0.29) is 29.8 Å². The minimum absolute atomic E-state index is 0.00207. The number of hydrogen-bond acceptors (Lipinski definition) is 5. The van der Waals surface area contributed by atoms with Gasteiger partial charge in [-0.1, -0.05) is 72.3 Å². The summed E-state index contributed by atoms with van der Waals surface area (Å²) in [6.07, 6.45) is 1.31. The molecule has 1 heterocycles. The molecule has 2 aliphatic rings. The van der Waals surface area contributed by atoms with Crippen LogP contribution in [0.15, 0.2) is 72.2 Å². The molecule has 1 aliphatic heterocycles. The Morgan fingerprint density at radius 1 is 1.00 bits per heavy atom. The lowest BCUT2D eigenvalue weighted by molar-refractivity contribution is 0.00578. The molecule has 0 aromatic heterocycles. The lowest BCUT2D eigenvalue weighted by Crippen LogP contribution is -2.41. The number of fused-ring (bicyclic) bond motifs is 3. The highest BCUT2D eigenvalue weighted by molar-refractivity contribution is 6.56. The van der Waals surface area contributed by atoms with Crippen LogP contribution in [0.4, 0.5) is 4.79 Å². The molecule has 1 aliphatic carbocycles. The Kier molecular flexibility index (Phi) is 7.03. The molecular formula is C30H31BClNO5. The van der Waals surface area contributed by atoms with Crippen LogP contribution in [0.25, 0.3) is 17.2 Å². The third kappa shape index (κ3) is 5.06. The first-order valence-electron chi connectivity index (χ1n) is 12.7. The molecule has 3 aromatic carbocycles. The normalized spacial score (nSPS) is 17.7. The summed E-state index contributed by atoms with van der Waals surface area (Å²) in [7, 11) is -0.679. The third-order valence-corrected chi connectivity index (χ3v) is 7.96. The van der Waals surface area contributed by atoms with E-state index in [0.717, 1.165) is 16.7 Å². The Morgan fingerprint density at radius 3 is 2.16 bits per heavy atom. The number of rotatable bonds is 6. The Balaban J connectivity index is 1.30. The van der Waals surface area contributed by atoms with Crippen LogP contribution in [-0.4, -0.2) is 42.7 Å². The fourth-order valence-corrected chi connectivity index (χ4v) is 5.04. The van der Waals surface area contributed by atoms with Gasteiger partial charge >= 0.3 is 13.2 Å². The highest BCUT2D eigenvalue weighted by Gasteiger charge is 2.52. The van der Waals surface area contributed by atoms with E-state index in [1.807, 2.05) is 58.0 Å². The number of benzene rings is 3. The molecule has 8 heteroatoms. The van der Waals surface area contributed by atoms with Crippen molar-refractivity contribution in [1.82, 2.24) is 5.32 Å². The fourth-order valence-electron chi connectivity index (χ4n) is 4.85. The van der Waals surface area contributed by atoms with Crippen molar-refractivity contribution in [3.63, 3.8) is 0 Å². The van der Waals surface area contributed by atoms with Crippen LogP contribution in [0.5, 0.6) is 5.75 Å². The predicted molar refractivity (Wildman–Crippen MR) is 150 cm³/mol. The zero-order valence-corrected chi connectivity index (χ0v) is 22.7. The van der Waals surface area contributed by atoms with Crippen molar-refractivity contribution in [2.45, 2.75) is 44.8 Å². The number of carbonyl (C=O) groups is 1. The molecule has 38 heavy (non-hydrogen) atoms. The van der Waals surface area contributed by atoms with E-state index in [1.54, 1.807) is 12.1 Å². The van der Waals surface area contributed by atoms with Crippen molar-refractivity contribution in [2.24, 2.45) is 0 Å². The van der Waals surface area contributed by atoms with Crippen LogP contribution >= 0.6 is 11.6 Å². The van der Waals surface area contributed by atoms with E-state index in [2.05, 4.69) is 29.6 Å². The van der Waals surface area contributed by atoms with E-state index in [0.29, 0.717) is 5.47 Å². The lowest BCUT2D eigenvalue weighted by atomic mass is 9.77. The number of phenols is 1. The van der Waals surface area contributed by atoms with Gasteiger partial charge in [0.05, 0.1) is 16.2 Å². The molecule has 0 radical (unpaired) electrons. The van der Waals surface area contributed by atoms with Crippen molar-refractivity contribution in [3.05, 3.63) is 93.9 Å². The Bertz CT molecular complexity index is 1340. The number of ether oxygens (including phenoxy) is 1. The molecule has 6 nitrogen and oxygen atoms in total. The summed E-state index contributed by atoms with van der Waals surface area (Å²) in [4.78, 5) is 12.9. The van der Waals surface area contributed by atoms with Crippen LogP contribution in [0.1, 0.15) is 50.3 Å². The van der Waals surface area contributed by atoms with Gasteiger partial charge in [0, 0.05) is 12.5 Å². The van der Waals surface area contributed by atoms with Gasteiger partial charge in [0.2, 0.25) is 0 Å². The van der Waals surface area contributed by atoms with Crippen molar-refractivity contribution < 1.29 is 23.9 Å². The standard InChI is InChI=1S/C30H31BClNO5/c1-29(2)30(3,4)38-31(37-29)20(15-19-13-14-27(34)26(32)16-19)17-33-28(35)36-18-25-23-11-7-5-9-21(23)22-10-6-8-12-24(22)25/h5-16,25,34H,17-18H2,1-4H3,(H,33,35). The minimum atomic E-state index is -0.679. The van der Waals surface area contributed by atoms with Gasteiger partial charge in [0.1, 0.15) is 12.4 Å². The fraction of sp³-hybridized carbons (Fsp3) is 0.300. The number of phenolic OH excluding ortho intramolecular Hbond substituents is 1. The summed E-state index contributed by atoms with van der Waals surface area (Å²) in [6, 6.07) is 21.4. The van der Waals surface area contributed by atoms with Gasteiger partial charge in [-0.3, -0.25) is 0 Å². The van der Waals surface area contributed by atoms with Crippen molar-refractivity contribution >= 4 is 30.9 Å². The van der Waals surface area contributed by atoms with Gasteiger partial charge in [-0.05, 0) is 73.1 Å². The highest BCUT2D eigenvalue weighted by atomic mass is 35.5. The largest absolute Gasteiger partial charge is 0.506 e. The van der Waals surface area contributed by atoms with Crippen molar-refractivity contribution in [2.75, 3.05) is 13.2 Å². The molecule has 1 fully saturated rings. The van der Waals surface area contributed by atoms with Gasteiger partial charge < -0.3 is 24.5 Å². The number of nitrogens with one attached hydrogen (secondary N) is 1. The van der Waals surface area contributed by atoms with Crippen LogP contribution in [-0.2, 0) is 14.0 Å². The summed E-state index contributed by atoms with van der Waals surface area (Å²) in [5, 5.41) is 12.9. The van der Waals surface area contributed by atoms with Gasteiger partial charge in [0.25, 0.3) is 0 Å². The lowest BCUT2D eigenvalue weighted by Gasteiger charge is -2.32. The average molecular weight is 532 g/mol. The summed E-state index contributed by atoms with van der Waals surface area (Å²) in [5.74, 6) is -0.0249. The Morgan fingerprint density at radius 2 is 1.58 bits per heavy atom. The zero-order valence-electron chi connectivity index (χ0n) is 22.0. The van der Waals surface area contributed by atoms with Crippen LogP contribution < -0.4 is 5.32 Å². The summed E-state index contributed by atoms with van der Waals surface area (Å²) in [5.41, 5.74) is 5.00. The second-order valence-electron chi connectivity index (χ2n) is 10.7. The van der Waals surface area contributed by atoms with Gasteiger partial charge in [-0.2, -0.15) is 0 Å². The molecule has 2 N–H and O–H groups in total. The smallest absolute Gasteiger partial charge is 0.492 e. The molecule has 5 rings (SSSR count). The van der Waals surface area contributed by atoms with E-state index >= 15 is 0 Å². The summed E-state index contributed by atoms with van der Waals surface area (Å²) in [6.45, 7) is 8.26. The maximum absolute atomic E-state index is 12.9. The van der Waals surface area contributed by atoms with Crippen molar-refractivity contribution in [1.29, 1.82) is 0 Å². The molecule has 0 bridgehead atoms. The van der Waals surface area contributed by atoms with Gasteiger partial charge in [-0.25, -0.2) is 4.79 Å². The maximum atomic E-state index is 12.9. The van der Waals surface area contributed by atoms with E-state index in [1.165, 1.54) is 17.2 Å². The molecule has 196 valence electrons. The molecule has 3 aromatic rings. The monoisotopic (exact) mass is 531 g/mol. The minimum Gasteiger partial charge on any atom is -0.506 e. The summed E-state index contributed by atoms with van der Waals surface area (Å²) >= 11 is 6.12. The molecule has 0 atom stereocenters. The predicted octanol–water partition coefficient (Wildman–Crippen LogP) is 6.60. The van der Waals surface area contributed by atoms with Gasteiger partial charge in [0.15, 0.2) is 0 Å². The number of aromatic hydroxyl groups is 1. The van der Waals surface area contributed by atoms with Gasteiger partial charge in [-0.15, -0.1) is 0 Å². The van der Waals surface area contributed by atoms with Crippen LogP contribution in [0.3, 0.4) is 0 Å². The second kappa shape index (κ2) is 10.1. The second-order valence-corrected chi connectivity index (χ2v) is 11.1.